The second-order valence-electron chi connectivity index (χ2n) is 3.82. The van der Waals surface area contributed by atoms with Crippen LogP contribution in [0.4, 0.5) is 0 Å². The molecule has 0 saturated heterocycles. The van der Waals surface area contributed by atoms with Gasteiger partial charge in [0.2, 0.25) is 0 Å². The third-order valence-electron chi connectivity index (χ3n) is 2.86. The zero-order chi connectivity index (χ0) is 9.97. The Bertz CT molecular complexity index is 305. The standard InChI is InChI=1S/C10H15ClN2O/c11-10-8(5-6-14)7-12-13(10)9-3-1-2-4-9/h7,9,14H,1-6H2. The fraction of sp³-hybridized carbons (Fsp3) is 0.700. The third-order valence-corrected chi connectivity index (χ3v) is 3.27. The molecule has 1 aromatic heterocycles. The lowest BCUT2D eigenvalue weighted by atomic mass is 10.2. The van der Waals surface area contributed by atoms with Gasteiger partial charge in [0.05, 0.1) is 12.2 Å². The van der Waals surface area contributed by atoms with Gasteiger partial charge in [-0.05, 0) is 12.8 Å². The monoisotopic (exact) mass is 214 g/mol. The summed E-state index contributed by atoms with van der Waals surface area (Å²) < 4.78 is 1.92. The topological polar surface area (TPSA) is 38.1 Å². The van der Waals surface area contributed by atoms with E-state index in [0.717, 1.165) is 5.56 Å². The first-order valence-corrected chi connectivity index (χ1v) is 5.53. The smallest absolute Gasteiger partial charge is 0.130 e. The molecule has 0 bridgehead atoms. The summed E-state index contributed by atoms with van der Waals surface area (Å²) >= 11 is 6.17. The molecule has 1 fully saturated rings. The van der Waals surface area contributed by atoms with Gasteiger partial charge in [-0.2, -0.15) is 5.10 Å². The van der Waals surface area contributed by atoms with Gasteiger partial charge in [0.25, 0.3) is 0 Å². The first-order valence-electron chi connectivity index (χ1n) is 5.15. The van der Waals surface area contributed by atoms with Crippen molar-refractivity contribution >= 4 is 11.6 Å². The maximum absolute atomic E-state index is 8.82. The number of nitrogens with zero attached hydrogens (tertiary/aromatic N) is 2. The van der Waals surface area contributed by atoms with Gasteiger partial charge < -0.3 is 5.11 Å². The molecule has 0 amide bonds. The molecule has 0 aliphatic heterocycles. The van der Waals surface area contributed by atoms with Crippen molar-refractivity contribution in [2.75, 3.05) is 6.61 Å². The van der Waals surface area contributed by atoms with E-state index in [0.29, 0.717) is 17.6 Å². The predicted molar refractivity (Wildman–Crippen MR) is 55.5 cm³/mol. The molecule has 0 radical (unpaired) electrons. The minimum atomic E-state index is 0.135. The summed E-state index contributed by atoms with van der Waals surface area (Å²) in [4.78, 5) is 0. The fourth-order valence-electron chi connectivity index (χ4n) is 2.07. The predicted octanol–water partition coefficient (Wildman–Crippen LogP) is 2.19. The summed E-state index contributed by atoms with van der Waals surface area (Å²) in [5.41, 5.74) is 0.959. The van der Waals surface area contributed by atoms with Crippen LogP contribution in [0.5, 0.6) is 0 Å². The van der Waals surface area contributed by atoms with Gasteiger partial charge in [0, 0.05) is 18.6 Å². The minimum Gasteiger partial charge on any atom is -0.396 e. The van der Waals surface area contributed by atoms with Crippen molar-refractivity contribution in [3.05, 3.63) is 16.9 Å². The molecule has 1 aliphatic rings. The molecule has 0 unspecified atom stereocenters. The maximum Gasteiger partial charge on any atom is 0.130 e. The molecule has 0 spiro atoms. The van der Waals surface area contributed by atoms with E-state index in [-0.39, 0.29) is 6.61 Å². The highest BCUT2D eigenvalue weighted by Crippen LogP contribution is 2.32. The van der Waals surface area contributed by atoms with E-state index in [1.54, 1.807) is 6.20 Å². The Morgan fingerprint density at radius 1 is 1.50 bits per heavy atom. The van der Waals surface area contributed by atoms with Gasteiger partial charge in [-0.25, -0.2) is 0 Å². The summed E-state index contributed by atoms with van der Waals surface area (Å²) in [6, 6.07) is 0.481. The molecule has 1 N–H and O–H groups in total. The first kappa shape index (κ1) is 9.99. The van der Waals surface area contributed by atoms with E-state index in [1.807, 2.05) is 4.68 Å². The van der Waals surface area contributed by atoms with Crippen molar-refractivity contribution < 1.29 is 5.11 Å². The number of aliphatic hydroxyl groups excluding tert-OH is 1. The lowest BCUT2D eigenvalue weighted by molar-refractivity contribution is 0.299. The van der Waals surface area contributed by atoms with E-state index in [2.05, 4.69) is 5.10 Å². The summed E-state index contributed by atoms with van der Waals surface area (Å²) in [7, 11) is 0. The largest absolute Gasteiger partial charge is 0.396 e. The normalized spacial score (nSPS) is 17.9. The molecule has 1 heterocycles. The van der Waals surface area contributed by atoms with E-state index < -0.39 is 0 Å². The van der Waals surface area contributed by atoms with Crippen LogP contribution < -0.4 is 0 Å². The molecule has 1 aliphatic carbocycles. The molecule has 78 valence electrons. The number of aliphatic hydroxyl groups is 1. The molecule has 0 atom stereocenters. The maximum atomic E-state index is 8.82. The average Bonchev–Trinajstić information content (AvgIpc) is 2.77. The quantitative estimate of drug-likeness (QED) is 0.838. The number of aromatic nitrogens is 2. The highest BCUT2D eigenvalue weighted by Gasteiger charge is 2.20. The Kier molecular flexibility index (Phi) is 3.08. The Morgan fingerprint density at radius 3 is 2.86 bits per heavy atom. The van der Waals surface area contributed by atoms with Crippen LogP contribution in [-0.2, 0) is 6.42 Å². The van der Waals surface area contributed by atoms with Gasteiger partial charge in [-0.15, -0.1) is 0 Å². The SMILES string of the molecule is OCCc1cnn(C2CCCC2)c1Cl. The van der Waals surface area contributed by atoms with Gasteiger partial charge in [-0.1, -0.05) is 24.4 Å². The highest BCUT2D eigenvalue weighted by molar-refractivity contribution is 6.30. The highest BCUT2D eigenvalue weighted by atomic mass is 35.5. The van der Waals surface area contributed by atoms with Gasteiger partial charge in [-0.3, -0.25) is 4.68 Å². The molecule has 2 rings (SSSR count). The Labute approximate surface area is 88.7 Å². The van der Waals surface area contributed by atoms with E-state index in [1.165, 1.54) is 25.7 Å². The van der Waals surface area contributed by atoms with Gasteiger partial charge in [0.15, 0.2) is 0 Å². The third kappa shape index (κ3) is 1.79. The van der Waals surface area contributed by atoms with Crippen LogP contribution in [-0.4, -0.2) is 21.5 Å². The van der Waals surface area contributed by atoms with Gasteiger partial charge >= 0.3 is 0 Å². The van der Waals surface area contributed by atoms with E-state index in [4.69, 9.17) is 16.7 Å². The fourth-order valence-corrected chi connectivity index (χ4v) is 2.40. The van der Waals surface area contributed by atoms with Crippen LogP contribution in [0.15, 0.2) is 6.20 Å². The zero-order valence-corrected chi connectivity index (χ0v) is 8.87. The van der Waals surface area contributed by atoms with Crippen molar-refractivity contribution in [1.29, 1.82) is 0 Å². The molecule has 1 saturated carbocycles. The van der Waals surface area contributed by atoms with Crippen molar-refractivity contribution in [2.24, 2.45) is 0 Å². The molecular weight excluding hydrogens is 200 g/mol. The van der Waals surface area contributed by atoms with Crippen LogP contribution in [0.1, 0.15) is 37.3 Å². The molecule has 4 heteroatoms. The van der Waals surface area contributed by atoms with Crippen LogP contribution in [0.25, 0.3) is 0 Å². The van der Waals surface area contributed by atoms with E-state index >= 15 is 0 Å². The average molecular weight is 215 g/mol. The van der Waals surface area contributed by atoms with Crippen LogP contribution in [0.3, 0.4) is 0 Å². The van der Waals surface area contributed by atoms with Crippen molar-refractivity contribution in [3.8, 4) is 0 Å². The Balaban J connectivity index is 2.17. The van der Waals surface area contributed by atoms with Crippen molar-refractivity contribution in [2.45, 2.75) is 38.1 Å². The minimum absolute atomic E-state index is 0.135. The lowest BCUT2D eigenvalue weighted by Gasteiger charge is -2.10. The Hall–Kier alpha value is -0.540. The van der Waals surface area contributed by atoms with Crippen LogP contribution >= 0.6 is 11.6 Å². The zero-order valence-electron chi connectivity index (χ0n) is 8.12. The van der Waals surface area contributed by atoms with Crippen molar-refractivity contribution in [1.82, 2.24) is 9.78 Å². The lowest BCUT2D eigenvalue weighted by Crippen LogP contribution is -2.06. The first-order chi connectivity index (χ1) is 6.83. The van der Waals surface area contributed by atoms with Crippen LogP contribution in [0, 0.1) is 0 Å². The molecule has 1 aromatic rings. The number of hydrogen-bond donors (Lipinski definition) is 1. The van der Waals surface area contributed by atoms with Crippen LogP contribution in [0.2, 0.25) is 5.15 Å². The summed E-state index contributed by atoms with van der Waals surface area (Å²) in [5.74, 6) is 0. The Morgan fingerprint density at radius 2 is 2.21 bits per heavy atom. The second kappa shape index (κ2) is 4.32. The van der Waals surface area contributed by atoms with Gasteiger partial charge in [0.1, 0.15) is 5.15 Å². The number of rotatable bonds is 3. The molecular formula is C10H15ClN2O. The second-order valence-corrected chi connectivity index (χ2v) is 4.18. The number of hydrogen-bond acceptors (Lipinski definition) is 2. The number of halogens is 1. The molecule has 3 nitrogen and oxygen atoms in total. The summed E-state index contributed by atoms with van der Waals surface area (Å²) in [5, 5.41) is 13.8. The van der Waals surface area contributed by atoms with Crippen molar-refractivity contribution in [3.63, 3.8) is 0 Å². The molecule has 0 aromatic carbocycles. The molecule has 14 heavy (non-hydrogen) atoms. The summed E-state index contributed by atoms with van der Waals surface area (Å²) in [6.07, 6.45) is 7.29. The summed E-state index contributed by atoms with van der Waals surface area (Å²) in [6.45, 7) is 0.135. The van der Waals surface area contributed by atoms with E-state index in [9.17, 15) is 0 Å².